The first kappa shape index (κ1) is 16.7. The maximum Gasteiger partial charge on any atom is 0.135 e. The average Bonchev–Trinajstić information content (AvgIpc) is 2.44. The Morgan fingerprint density at radius 1 is 1.20 bits per heavy atom. The summed E-state index contributed by atoms with van der Waals surface area (Å²) < 4.78 is 0. The second-order valence-electron chi connectivity index (χ2n) is 4.99. The maximum atomic E-state index is 9.13. The molecule has 0 atom stereocenters. The fourth-order valence-electron chi connectivity index (χ4n) is 1.80. The van der Waals surface area contributed by atoms with Crippen molar-refractivity contribution in [2.45, 2.75) is 33.1 Å². The number of hydrogen-bond acceptors (Lipinski definition) is 6. The third-order valence-corrected chi connectivity index (χ3v) is 2.87. The standard InChI is InChI=1S/C14H26N4O2/c1-4-5-15-12-10-13(17-14(16-12)11(2)3)18(6-8-19)7-9-20/h10-11,19-20H,4-9H2,1-3H3,(H,15,16,17). The molecule has 6 nitrogen and oxygen atoms in total. The second-order valence-corrected chi connectivity index (χ2v) is 4.99. The van der Waals surface area contributed by atoms with Crippen LogP contribution in [0.1, 0.15) is 38.9 Å². The van der Waals surface area contributed by atoms with E-state index in [0.717, 1.165) is 30.4 Å². The summed E-state index contributed by atoms with van der Waals surface area (Å²) in [4.78, 5) is 10.9. The van der Waals surface area contributed by atoms with Crippen molar-refractivity contribution in [2.75, 3.05) is 43.1 Å². The Morgan fingerprint density at radius 2 is 1.85 bits per heavy atom. The third kappa shape index (κ3) is 4.94. The highest BCUT2D eigenvalue weighted by Crippen LogP contribution is 2.20. The van der Waals surface area contributed by atoms with Crippen LogP contribution in [0.5, 0.6) is 0 Å². The number of aliphatic hydroxyl groups is 2. The average molecular weight is 282 g/mol. The molecule has 0 aliphatic heterocycles. The van der Waals surface area contributed by atoms with Gasteiger partial charge in [-0.3, -0.25) is 0 Å². The van der Waals surface area contributed by atoms with Gasteiger partial charge in [0.25, 0.3) is 0 Å². The van der Waals surface area contributed by atoms with Crippen LogP contribution in [-0.4, -0.2) is 53.0 Å². The van der Waals surface area contributed by atoms with Gasteiger partial charge in [-0.25, -0.2) is 9.97 Å². The minimum Gasteiger partial charge on any atom is -0.395 e. The molecule has 0 radical (unpaired) electrons. The van der Waals surface area contributed by atoms with E-state index in [-0.39, 0.29) is 19.1 Å². The Morgan fingerprint density at radius 3 is 2.35 bits per heavy atom. The first-order valence-electron chi connectivity index (χ1n) is 7.21. The van der Waals surface area contributed by atoms with Crippen LogP contribution in [0.25, 0.3) is 0 Å². The molecule has 0 unspecified atom stereocenters. The normalized spacial score (nSPS) is 10.9. The summed E-state index contributed by atoms with van der Waals surface area (Å²) in [6, 6.07) is 1.87. The van der Waals surface area contributed by atoms with Crippen molar-refractivity contribution in [2.24, 2.45) is 0 Å². The fraction of sp³-hybridized carbons (Fsp3) is 0.714. The minimum atomic E-state index is 0.0265. The largest absolute Gasteiger partial charge is 0.395 e. The van der Waals surface area contributed by atoms with E-state index in [0.29, 0.717) is 13.1 Å². The van der Waals surface area contributed by atoms with E-state index in [1.165, 1.54) is 0 Å². The maximum absolute atomic E-state index is 9.13. The Labute approximate surface area is 120 Å². The molecule has 0 aliphatic rings. The molecule has 0 spiro atoms. The minimum absolute atomic E-state index is 0.0265. The first-order chi connectivity index (χ1) is 9.62. The molecule has 1 heterocycles. The van der Waals surface area contributed by atoms with Gasteiger partial charge in [0, 0.05) is 31.6 Å². The molecule has 1 aromatic heterocycles. The molecule has 0 bridgehead atoms. The van der Waals surface area contributed by atoms with Crippen molar-refractivity contribution in [1.29, 1.82) is 0 Å². The smallest absolute Gasteiger partial charge is 0.135 e. The topological polar surface area (TPSA) is 81.5 Å². The van der Waals surface area contributed by atoms with Crippen molar-refractivity contribution in [3.05, 3.63) is 11.9 Å². The molecule has 0 aliphatic carbocycles. The van der Waals surface area contributed by atoms with E-state index in [1.807, 2.05) is 24.8 Å². The van der Waals surface area contributed by atoms with Gasteiger partial charge in [0.2, 0.25) is 0 Å². The Hall–Kier alpha value is -1.40. The number of nitrogens with zero attached hydrogens (tertiary/aromatic N) is 3. The van der Waals surface area contributed by atoms with Crippen molar-refractivity contribution < 1.29 is 10.2 Å². The van der Waals surface area contributed by atoms with E-state index in [2.05, 4.69) is 22.2 Å². The lowest BCUT2D eigenvalue weighted by molar-refractivity contribution is 0.280. The predicted molar refractivity (Wildman–Crippen MR) is 81.3 cm³/mol. The van der Waals surface area contributed by atoms with Crippen LogP contribution in [0.2, 0.25) is 0 Å². The second kappa shape index (κ2) is 8.71. The van der Waals surface area contributed by atoms with Crippen molar-refractivity contribution in [3.8, 4) is 0 Å². The van der Waals surface area contributed by atoms with Crippen molar-refractivity contribution in [1.82, 2.24) is 9.97 Å². The highest BCUT2D eigenvalue weighted by molar-refractivity contribution is 5.49. The summed E-state index contributed by atoms with van der Waals surface area (Å²) in [6.07, 6.45) is 1.02. The molecule has 0 fully saturated rings. The van der Waals surface area contributed by atoms with Crippen molar-refractivity contribution in [3.63, 3.8) is 0 Å². The zero-order valence-corrected chi connectivity index (χ0v) is 12.6. The molecule has 20 heavy (non-hydrogen) atoms. The third-order valence-electron chi connectivity index (χ3n) is 2.87. The summed E-state index contributed by atoms with van der Waals surface area (Å²) in [5.74, 6) is 2.52. The number of aliphatic hydroxyl groups excluding tert-OH is 2. The fourth-order valence-corrected chi connectivity index (χ4v) is 1.80. The lowest BCUT2D eigenvalue weighted by atomic mass is 10.2. The quantitative estimate of drug-likeness (QED) is 0.632. The molecular weight excluding hydrogens is 256 g/mol. The van der Waals surface area contributed by atoms with Crippen LogP contribution in [0.4, 0.5) is 11.6 Å². The van der Waals surface area contributed by atoms with Crippen LogP contribution in [0.15, 0.2) is 6.07 Å². The molecule has 6 heteroatoms. The molecule has 1 aromatic rings. The van der Waals surface area contributed by atoms with Crippen LogP contribution < -0.4 is 10.2 Å². The summed E-state index contributed by atoms with van der Waals surface area (Å²) in [5, 5.41) is 21.5. The highest BCUT2D eigenvalue weighted by atomic mass is 16.3. The van der Waals surface area contributed by atoms with Crippen LogP contribution in [-0.2, 0) is 0 Å². The monoisotopic (exact) mass is 282 g/mol. The Kier molecular flexibility index (Phi) is 7.25. The number of aromatic nitrogens is 2. The van der Waals surface area contributed by atoms with Gasteiger partial charge in [0.05, 0.1) is 13.2 Å². The zero-order chi connectivity index (χ0) is 15.0. The molecule has 1 rings (SSSR count). The lowest BCUT2D eigenvalue weighted by Crippen LogP contribution is -2.31. The van der Waals surface area contributed by atoms with E-state index < -0.39 is 0 Å². The van der Waals surface area contributed by atoms with E-state index in [9.17, 15) is 0 Å². The molecule has 0 amide bonds. The Balaban J connectivity index is 3.04. The first-order valence-corrected chi connectivity index (χ1v) is 7.21. The van der Waals surface area contributed by atoms with Crippen LogP contribution >= 0.6 is 0 Å². The SMILES string of the molecule is CCCNc1cc(N(CCO)CCO)nc(C(C)C)n1. The summed E-state index contributed by atoms with van der Waals surface area (Å²) in [7, 11) is 0. The van der Waals surface area contributed by atoms with Crippen LogP contribution in [0.3, 0.4) is 0 Å². The number of nitrogens with one attached hydrogen (secondary N) is 1. The summed E-state index contributed by atoms with van der Waals surface area (Å²) in [6.45, 7) is 7.99. The van der Waals surface area contributed by atoms with Gasteiger partial charge in [0.15, 0.2) is 0 Å². The molecule has 3 N–H and O–H groups in total. The van der Waals surface area contributed by atoms with Crippen molar-refractivity contribution >= 4 is 11.6 Å². The van der Waals surface area contributed by atoms with Gasteiger partial charge in [0.1, 0.15) is 17.5 Å². The highest BCUT2D eigenvalue weighted by Gasteiger charge is 2.13. The number of rotatable bonds is 9. The van der Waals surface area contributed by atoms with Gasteiger partial charge >= 0.3 is 0 Å². The predicted octanol–water partition coefficient (Wildman–Crippen LogP) is 1.21. The van der Waals surface area contributed by atoms with Gasteiger partial charge in [-0.05, 0) is 6.42 Å². The van der Waals surface area contributed by atoms with Gasteiger partial charge in [-0.2, -0.15) is 0 Å². The molecular formula is C14H26N4O2. The van der Waals surface area contributed by atoms with Gasteiger partial charge in [-0.1, -0.05) is 20.8 Å². The Bertz CT molecular complexity index is 393. The summed E-state index contributed by atoms with van der Waals surface area (Å²) >= 11 is 0. The number of anilines is 2. The summed E-state index contributed by atoms with van der Waals surface area (Å²) in [5.41, 5.74) is 0. The number of hydrogen-bond donors (Lipinski definition) is 3. The van der Waals surface area contributed by atoms with Gasteiger partial charge in [-0.15, -0.1) is 0 Å². The van der Waals surface area contributed by atoms with Gasteiger partial charge < -0.3 is 20.4 Å². The molecule has 114 valence electrons. The molecule has 0 aromatic carbocycles. The zero-order valence-electron chi connectivity index (χ0n) is 12.6. The molecule has 0 saturated heterocycles. The lowest BCUT2D eigenvalue weighted by Gasteiger charge is -2.23. The van der Waals surface area contributed by atoms with E-state index in [1.54, 1.807) is 0 Å². The van der Waals surface area contributed by atoms with E-state index in [4.69, 9.17) is 10.2 Å². The van der Waals surface area contributed by atoms with E-state index >= 15 is 0 Å². The molecule has 0 saturated carbocycles. The van der Waals surface area contributed by atoms with Crippen LogP contribution in [0, 0.1) is 0 Å².